The average Bonchev–Trinajstić information content (AvgIpc) is 3.15. The number of epoxide rings is 1. The predicted molar refractivity (Wildman–Crippen MR) is 85.4 cm³/mol. The molecule has 2 heteroatoms. The van der Waals surface area contributed by atoms with Crippen LogP contribution < -0.4 is 0 Å². The zero-order valence-corrected chi connectivity index (χ0v) is 14.4. The van der Waals surface area contributed by atoms with E-state index in [1.165, 1.54) is 32.1 Å². The van der Waals surface area contributed by atoms with Crippen LogP contribution in [-0.4, -0.2) is 17.5 Å². The van der Waals surface area contributed by atoms with E-state index in [0.717, 1.165) is 31.1 Å². The summed E-state index contributed by atoms with van der Waals surface area (Å²) in [5.41, 5.74) is 0.605. The van der Waals surface area contributed by atoms with Crippen LogP contribution in [0.5, 0.6) is 0 Å². The van der Waals surface area contributed by atoms with Crippen molar-refractivity contribution < 1.29 is 9.53 Å². The molecule has 8 atom stereocenters. The van der Waals surface area contributed by atoms with Crippen molar-refractivity contribution in [2.24, 2.45) is 34.5 Å². The van der Waals surface area contributed by atoms with Gasteiger partial charge in [-0.25, -0.2) is 0 Å². The Bertz CT molecular complexity index is 542. The zero-order chi connectivity index (χ0) is 15.3. The van der Waals surface area contributed by atoms with Gasteiger partial charge in [-0.3, -0.25) is 4.79 Å². The van der Waals surface area contributed by atoms with Crippen molar-refractivity contribution in [3.8, 4) is 0 Å². The highest BCUT2D eigenvalue weighted by atomic mass is 16.6. The second kappa shape index (κ2) is 3.99. The van der Waals surface area contributed by atoms with Crippen LogP contribution in [0.25, 0.3) is 0 Å². The van der Waals surface area contributed by atoms with Gasteiger partial charge in [0.05, 0.1) is 6.10 Å². The van der Waals surface area contributed by atoms with Crippen molar-refractivity contribution in [2.75, 3.05) is 0 Å². The predicted octanol–water partition coefficient (Wildman–Crippen LogP) is 4.37. The Morgan fingerprint density at radius 3 is 2.73 bits per heavy atom. The topological polar surface area (TPSA) is 29.6 Å². The minimum Gasteiger partial charge on any atom is -0.365 e. The molecule has 4 aliphatic carbocycles. The van der Waals surface area contributed by atoms with Crippen LogP contribution in [-0.2, 0) is 9.53 Å². The Labute approximate surface area is 134 Å². The number of ether oxygens (including phenoxy) is 1. The van der Waals surface area contributed by atoms with Gasteiger partial charge in [-0.05, 0) is 62.2 Å². The van der Waals surface area contributed by atoms with Crippen LogP contribution >= 0.6 is 0 Å². The first-order valence-electron chi connectivity index (χ1n) is 9.64. The lowest BCUT2D eigenvalue weighted by Crippen LogP contribution is -2.60. The molecule has 22 heavy (non-hydrogen) atoms. The largest absolute Gasteiger partial charge is 0.365 e. The lowest BCUT2D eigenvalue weighted by Gasteiger charge is -2.60. The van der Waals surface area contributed by atoms with Crippen LogP contribution in [0.3, 0.4) is 0 Å². The molecule has 1 aliphatic heterocycles. The SMILES string of the molecule is C[C@H]1C[C@H]2[C@@H]3CCC(=O)[C@@]3(C)CC[C@@H]2[C@@]2(C)CCC[C@@H]3O[C@]312. The Morgan fingerprint density at radius 2 is 1.91 bits per heavy atom. The molecular formula is C20H30O2. The third-order valence-corrected chi connectivity index (χ3v) is 9.14. The number of carbonyl (C=O) groups is 1. The first kappa shape index (κ1) is 14.0. The fourth-order valence-corrected chi connectivity index (χ4v) is 8.06. The van der Waals surface area contributed by atoms with Gasteiger partial charge in [-0.15, -0.1) is 0 Å². The summed E-state index contributed by atoms with van der Waals surface area (Å²) in [6, 6.07) is 0. The monoisotopic (exact) mass is 302 g/mol. The third kappa shape index (κ3) is 1.33. The summed E-state index contributed by atoms with van der Waals surface area (Å²) in [4.78, 5) is 12.5. The fourth-order valence-electron chi connectivity index (χ4n) is 8.06. The lowest BCUT2D eigenvalue weighted by molar-refractivity contribution is -0.145. The Hall–Kier alpha value is -0.370. The van der Waals surface area contributed by atoms with Gasteiger partial charge in [0.2, 0.25) is 0 Å². The summed E-state index contributed by atoms with van der Waals surface area (Å²) in [5, 5.41) is 0. The molecule has 0 amide bonds. The quantitative estimate of drug-likeness (QED) is 0.622. The van der Waals surface area contributed by atoms with Gasteiger partial charge in [0.1, 0.15) is 11.4 Å². The molecule has 0 aromatic carbocycles. The summed E-state index contributed by atoms with van der Waals surface area (Å²) in [5.74, 6) is 3.49. The maximum Gasteiger partial charge on any atom is 0.139 e. The van der Waals surface area contributed by atoms with Crippen molar-refractivity contribution >= 4 is 5.78 Å². The van der Waals surface area contributed by atoms with Gasteiger partial charge in [0.25, 0.3) is 0 Å². The molecule has 1 saturated heterocycles. The van der Waals surface area contributed by atoms with Crippen molar-refractivity contribution in [3.63, 3.8) is 0 Å². The van der Waals surface area contributed by atoms with Crippen LogP contribution in [0.4, 0.5) is 0 Å². The molecule has 0 aromatic heterocycles. The molecule has 4 saturated carbocycles. The van der Waals surface area contributed by atoms with Crippen LogP contribution in [0.1, 0.15) is 72.1 Å². The van der Waals surface area contributed by atoms with E-state index in [0.29, 0.717) is 29.1 Å². The van der Waals surface area contributed by atoms with Crippen LogP contribution in [0.15, 0.2) is 0 Å². The zero-order valence-electron chi connectivity index (χ0n) is 14.4. The number of hydrogen-bond donors (Lipinski definition) is 0. The van der Waals surface area contributed by atoms with E-state index < -0.39 is 0 Å². The number of carbonyl (C=O) groups excluding carboxylic acids is 1. The number of fused-ring (bicyclic) bond motifs is 4. The molecule has 5 fully saturated rings. The summed E-state index contributed by atoms with van der Waals surface area (Å²) in [6.45, 7) is 7.29. The second-order valence-electron chi connectivity index (χ2n) is 9.64. The highest BCUT2D eigenvalue weighted by Crippen LogP contribution is 2.73. The summed E-state index contributed by atoms with van der Waals surface area (Å²) >= 11 is 0. The molecule has 1 heterocycles. The molecule has 2 nitrogen and oxygen atoms in total. The van der Waals surface area contributed by atoms with Crippen LogP contribution in [0.2, 0.25) is 0 Å². The second-order valence-corrected chi connectivity index (χ2v) is 9.64. The maximum atomic E-state index is 12.5. The first-order chi connectivity index (χ1) is 10.4. The summed E-state index contributed by atoms with van der Waals surface area (Å²) in [7, 11) is 0. The van der Waals surface area contributed by atoms with Gasteiger partial charge < -0.3 is 4.74 Å². The van der Waals surface area contributed by atoms with Gasteiger partial charge in [-0.1, -0.05) is 27.2 Å². The minimum atomic E-state index is 0.0141. The molecular weight excluding hydrogens is 272 g/mol. The number of hydrogen-bond acceptors (Lipinski definition) is 2. The highest BCUT2D eigenvalue weighted by molar-refractivity contribution is 5.87. The van der Waals surface area contributed by atoms with E-state index in [2.05, 4.69) is 20.8 Å². The molecule has 1 spiro atoms. The van der Waals surface area contributed by atoms with Crippen molar-refractivity contribution in [2.45, 2.75) is 83.8 Å². The number of rotatable bonds is 0. The Balaban J connectivity index is 1.56. The summed E-state index contributed by atoms with van der Waals surface area (Å²) in [6.07, 6.45) is 10.3. The van der Waals surface area contributed by atoms with Crippen molar-refractivity contribution in [1.82, 2.24) is 0 Å². The Kier molecular flexibility index (Phi) is 2.54. The van der Waals surface area contributed by atoms with Gasteiger partial charge in [0, 0.05) is 17.3 Å². The van der Waals surface area contributed by atoms with E-state index >= 15 is 0 Å². The smallest absolute Gasteiger partial charge is 0.139 e. The average molecular weight is 302 g/mol. The van der Waals surface area contributed by atoms with Gasteiger partial charge in [0.15, 0.2) is 0 Å². The molecule has 5 aliphatic rings. The van der Waals surface area contributed by atoms with Gasteiger partial charge >= 0.3 is 0 Å². The normalized spacial score (nSPS) is 62.7. The maximum absolute atomic E-state index is 12.5. The first-order valence-corrected chi connectivity index (χ1v) is 9.64. The van der Waals surface area contributed by atoms with E-state index in [4.69, 9.17) is 4.74 Å². The molecule has 0 radical (unpaired) electrons. The molecule has 0 aromatic rings. The number of Topliss-reactive ketones (excluding diaryl/α,β-unsaturated/α-hetero) is 1. The molecule has 0 bridgehead atoms. The summed E-state index contributed by atoms with van der Waals surface area (Å²) < 4.78 is 6.42. The molecule has 5 rings (SSSR count). The van der Waals surface area contributed by atoms with E-state index in [1.807, 2.05) is 0 Å². The van der Waals surface area contributed by atoms with Crippen molar-refractivity contribution in [1.29, 1.82) is 0 Å². The van der Waals surface area contributed by atoms with E-state index in [1.54, 1.807) is 0 Å². The molecule has 0 N–H and O–H groups in total. The fraction of sp³-hybridized carbons (Fsp3) is 0.950. The molecule has 122 valence electrons. The van der Waals surface area contributed by atoms with Crippen LogP contribution in [0, 0.1) is 34.5 Å². The standard InChI is InChI=1S/C20H30O2/c1-12-11-13-14-6-7-16(21)18(14,2)10-8-15(13)19(3)9-4-5-17-20(12,19)22-17/h12-15,17H,4-11H2,1-3H3/t12-,13-,14-,15-,17-,18-,19+,20-/m0/s1. The van der Waals surface area contributed by atoms with Gasteiger partial charge in [-0.2, -0.15) is 0 Å². The lowest BCUT2D eigenvalue weighted by atomic mass is 9.43. The Morgan fingerprint density at radius 1 is 1.09 bits per heavy atom. The number of ketones is 1. The minimum absolute atomic E-state index is 0.0141. The van der Waals surface area contributed by atoms with E-state index in [-0.39, 0.29) is 11.0 Å². The molecule has 0 unspecified atom stereocenters. The van der Waals surface area contributed by atoms with E-state index in [9.17, 15) is 4.79 Å². The van der Waals surface area contributed by atoms with Crippen molar-refractivity contribution in [3.05, 3.63) is 0 Å². The third-order valence-electron chi connectivity index (χ3n) is 9.14. The highest BCUT2D eigenvalue weighted by Gasteiger charge is 2.76.